The zero-order chi connectivity index (χ0) is 13.7. The first-order valence-corrected chi connectivity index (χ1v) is 8.12. The first-order valence-electron chi connectivity index (χ1n) is 8.12. The number of hydrogen-bond acceptors (Lipinski definition) is 3. The first kappa shape index (κ1) is 15.3. The summed E-state index contributed by atoms with van der Waals surface area (Å²) in [5.74, 6) is 1.59. The summed E-state index contributed by atoms with van der Waals surface area (Å²) < 4.78 is 5.87. The van der Waals surface area contributed by atoms with E-state index < -0.39 is 0 Å². The molecule has 1 heterocycles. The van der Waals surface area contributed by atoms with Crippen LogP contribution in [0.1, 0.15) is 52.9 Å². The highest BCUT2D eigenvalue weighted by atomic mass is 16.5. The molecular weight excluding hydrogens is 236 g/mol. The lowest BCUT2D eigenvalue weighted by Crippen LogP contribution is -2.34. The molecular formula is C16H32N2O. The van der Waals surface area contributed by atoms with Crippen LogP contribution in [0.5, 0.6) is 0 Å². The SMILES string of the molecule is CC(C)(C)C1CNN(CCOCC2CCCCC2)C1. The Morgan fingerprint density at radius 3 is 2.53 bits per heavy atom. The fourth-order valence-electron chi connectivity index (χ4n) is 3.16. The van der Waals surface area contributed by atoms with Crippen LogP contribution in [0.4, 0.5) is 0 Å². The molecule has 0 spiro atoms. The minimum absolute atomic E-state index is 0.407. The summed E-state index contributed by atoms with van der Waals surface area (Å²) in [7, 11) is 0. The molecule has 3 nitrogen and oxygen atoms in total. The monoisotopic (exact) mass is 268 g/mol. The molecule has 112 valence electrons. The lowest BCUT2D eigenvalue weighted by molar-refractivity contribution is 0.0613. The zero-order valence-electron chi connectivity index (χ0n) is 13.1. The average molecular weight is 268 g/mol. The fraction of sp³-hybridized carbons (Fsp3) is 1.00. The highest BCUT2D eigenvalue weighted by molar-refractivity contribution is 4.82. The maximum Gasteiger partial charge on any atom is 0.0607 e. The largest absolute Gasteiger partial charge is 0.380 e. The van der Waals surface area contributed by atoms with Crippen molar-refractivity contribution in [2.24, 2.45) is 17.3 Å². The van der Waals surface area contributed by atoms with Gasteiger partial charge >= 0.3 is 0 Å². The highest BCUT2D eigenvalue weighted by Gasteiger charge is 2.31. The van der Waals surface area contributed by atoms with Gasteiger partial charge in [-0.15, -0.1) is 0 Å². The molecule has 0 bridgehead atoms. The molecule has 3 heteroatoms. The van der Waals surface area contributed by atoms with Gasteiger partial charge in [-0.25, -0.2) is 5.01 Å². The first-order chi connectivity index (χ1) is 9.05. The number of nitrogens with one attached hydrogen (secondary N) is 1. The van der Waals surface area contributed by atoms with E-state index in [0.717, 1.165) is 44.7 Å². The van der Waals surface area contributed by atoms with E-state index in [1.54, 1.807) is 0 Å². The van der Waals surface area contributed by atoms with E-state index in [2.05, 4.69) is 31.2 Å². The Hall–Kier alpha value is -0.120. The van der Waals surface area contributed by atoms with Gasteiger partial charge in [0.1, 0.15) is 0 Å². The van der Waals surface area contributed by atoms with Crippen LogP contribution in [0.25, 0.3) is 0 Å². The maximum atomic E-state index is 5.87. The normalized spacial score (nSPS) is 27.0. The van der Waals surface area contributed by atoms with Crippen LogP contribution in [-0.2, 0) is 4.74 Å². The van der Waals surface area contributed by atoms with Gasteiger partial charge in [-0.2, -0.15) is 0 Å². The van der Waals surface area contributed by atoms with Crippen LogP contribution in [-0.4, -0.2) is 37.9 Å². The maximum absolute atomic E-state index is 5.87. The van der Waals surface area contributed by atoms with Gasteiger partial charge in [0.15, 0.2) is 0 Å². The molecule has 1 aliphatic carbocycles. The quantitative estimate of drug-likeness (QED) is 0.776. The Morgan fingerprint density at radius 2 is 1.89 bits per heavy atom. The molecule has 1 atom stereocenters. The Morgan fingerprint density at radius 1 is 1.16 bits per heavy atom. The lowest BCUT2D eigenvalue weighted by atomic mass is 9.81. The average Bonchev–Trinajstić information content (AvgIpc) is 2.85. The molecule has 1 saturated heterocycles. The predicted octanol–water partition coefficient (Wildman–Crippen LogP) is 3.07. The fourth-order valence-corrected chi connectivity index (χ4v) is 3.16. The third kappa shape index (κ3) is 5.05. The summed E-state index contributed by atoms with van der Waals surface area (Å²) in [6, 6.07) is 0. The van der Waals surface area contributed by atoms with Crippen molar-refractivity contribution in [1.29, 1.82) is 0 Å². The third-order valence-corrected chi connectivity index (χ3v) is 4.81. The van der Waals surface area contributed by atoms with Crippen LogP contribution >= 0.6 is 0 Å². The molecule has 1 saturated carbocycles. The van der Waals surface area contributed by atoms with E-state index in [1.165, 1.54) is 32.1 Å². The summed E-state index contributed by atoms with van der Waals surface area (Å²) in [6.45, 7) is 12.2. The van der Waals surface area contributed by atoms with Crippen molar-refractivity contribution in [3.63, 3.8) is 0 Å². The second-order valence-corrected chi connectivity index (χ2v) is 7.45. The predicted molar refractivity (Wildman–Crippen MR) is 79.9 cm³/mol. The van der Waals surface area contributed by atoms with E-state index in [1.807, 2.05) is 0 Å². The van der Waals surface area contributed by atoms with E-state index in [0.29, 0.717) is 5.41 Å². The van der Waals surface area contributed by atoms with Gasteiger partial charge in [-0.05, 0) is 30.1 Å². The van der Waals surface area contributed by atoms with Gasteiger partial charge in [0.25, 0.3) is 0 Å². The standard InChI is InChI=1S/C16H32N2O/c1-16(2,3)15-11-17-18(12-15)9-10-19-13-14-7-5-4-6-8-14/h14-15,17H,4-13H2,1-3H3. The van der Waals surface area contributed by atoms with Crippen molar-refractivity contribution in [2.75, 3.05) is 32.8 Å². The second-order valence-electron chi connectivity index (χ2n) is 7.45. The van der Waals surface area contributed by atoms with E-state index in [-0.39, 0.29) is 0 Å². The van der Waals surface area contributed by atoms with Gasteiger partial charge in [0, 0.05) is 26.2 Å². The van der Waals surface area contributed by atoms with Crippen molar-refractivity contribution in [1.82, 2.24) is 10.4 Å². The number of hydrazine groups is 1. The Labute approximate surface area is 119 Å². The molecule has 0 amide bonds. The zero-order valence-corrected chi connectivity index (χ0v) is 13.1. The topological polar surface area (TPSA) is 24.5 Å². The molecule has 2 aliphatic rings. The molecule has 1 aliphatic heterocycles. The van der Waals surface area contributed by atoms with Gasteiger partial charge in [-0.3, -0.25) is 5.43 Å². The molecule has 2 rings (SSSR count). The van der Waals surface area contributed by atoms with Gasteiger partial charge < -0.3 is 4.74 Å². The summed E-state index contributed by atoms with van der Waals surface area (Å²) in [6.07, 6.45) is 7.02. The molecule has 0 aromatic heterocycles. The molecule has 0 aromatic carbocycles. The van der Waals surface area contributed by atoms with E-state index in [4.69, 9.17) is 4.74 Å². The van der Waals surface area contributed by atoms with Crippen molar-refractivity contribution >= 4 is 0 Å². The van der Waals surface area contributed by atoms with Gasteiger partial charge in [0.2, 0.25) is 0 Å². The number of rotatable bonds is 5. The summed E-state index contributed by atoms with van der Waals surface area (Å²) in [5.41, 5.74) is 3.91. The molecule has 19 heavy (non-hydrogen) atoms. The van der Waals surface area contributed by atoms with Crippen molar-refractivity contribution in [3.05, 3.63) is 0 Å². The van der Waals surface area contributed by atoms with Crippen LogP contribution in [0.2, 0.25) is 0 Å². The Kier molecular flexibility index (Phi) is 5.67. The van der Waals surface area contributed by atoms with Gasteiger partial charge in [0.05, 0.1) is 6.61 Å². The van der Waals surface area contributed by atoms with Crippen molar-refractivity contribution in [3.8, 4) is 0 Å². The minimum Gasteiger partial charge on any atom is -0.380 e. The van der Waals surface area contributed by atoms with E-state index in [9.17, 15) is 0 Å². The molecule has 2 fully saturated rings. The second kappa shape index (κ2) is 7.05. The highest BCUT2D eigenvalue weighted by Crippen LogP contribution is 2.28. The Bertz CT molecular complexity index is 256. The summed E-state index contributed by atoms with van der Waals surface area (Å²) in [5, 5.41) is 2.34. The van der Waals surface area contributed by atoms with Crippen molar-refractivity contribution in [2.45, 2.75) is 52.9 Å². The van der Waals surface area contributed by atoms with E-state index >= 15 is 0 Å². The smallest absolute Gasteiger partial charge is 0.0607 e. The Balaban J connectivity index is 1.54. The van der Waals surface area contributed by atoms with Crippen LogP contribution in [0.3, 0.4) is 0 Å². The number of nitrogens with zero attached hydrogens (tertiary/aromatic N) is 1. The summed E-state index contributed by atoms with van der Waals surface area (Å²) >= 11 is 0. The van der Waals surface area contributed by atoms with Crippen LogP contribution in [0, 0.1) is 17.3 Å². The molecule has 0 aromatic rings. The molecule has 1 N–H and O–H groups in total. The molecule has 0 radical (unpaired) electrons. The van der Waals surface area contributed by atoms with Gasteiger partial charge in [-0.1, -0.05) is 40.0 Å². The van der Waals surface area contributed by atoms with Crippen molar-refractivity contribution < 1.29 is 4.74 Å². The minimum atomic E-state index is 0.407. The summed E-state index contributed by atoms with van der Waals surface area (Å²) in [4.78, 5) is 0. The van der Waals surface area contributed by atoms with Crippen LogP contribution < -0.4 is 5.43 Å². The lowest BCUT2D eigenvalue weighted by Gasteiger charge is -2.26. The third-order valence-electron chi connectivity index (χ3n) is 4.81. The number of ether oxygens (including phenoxy) is 1. The molecule has 1 unspecified atom stereocenters. The number of hydrogen-bond donors (Lipinski definition) is 1. The van der Waals surface area contributed by atoms with Crippen LogP contribution in [0.15, 0.2) is 0 Å².